The number of aromatic carboxylic acids is 1. The summed E-state index contributed by atoms with van der Waals surface area (Å²) in [7, 11) is 0. The number of carboxylic acids is 1. The summed E-state index contributed by atoms with van der Waals surface area (Å²) in [6.07, 6.45) is 1.46. The number of rotatable bonds is 1. The number of hydrogen-bond acceptors (Lipinski definition) is 3. The van der Waals surface area contributed by atoms with Crippen LogP contribution in [-0.4, -0.2) is 25.4 Å². The van der Waals surface area contributed by atoms with Gasteiger partial charge in [-0.25, -0.2) is 14.8 Å². The molecule has 2 heterocycles. The van der Waals surface area contributed by atoms with Gasteiger partial charge >= 0.3 is 5.97 Å². The van der Waals surface area contributed by atoms with Crippen molar-refractivity contribution in [1.82, 2.24) is 14.4 Å². The van der Waals surface area contributed by atoms with Gasteiger partial charge in [0.2, 0.25) is 5.78 Å². The van der Waals surface area contributed by atoms with E-state index in [1.807, 2.05) is 13.8 Å². The van der Waals surface area contributed by atoms with Crippen LogP contribution in [0.2, 0.25) is 0 Å². The van der Waals surface area contributed by atoms with Crippen molar-refractivity contribution in [2.45, 2.75) is 13.8 Å². The largest absolute Gasteiger partial charge is 0.476 e. The van der Waals surface area contributed by atoms with Crippen molar-refractivity contribution in [3.63, 3.8) is 0 Å². The average Bonchev–Trinajstić information content (AvgIpc) is 2.58. The van der Waals surface area contributed by atoms with Crippen molar-refractivity contribution in [2.75, 3.05) is 0 Å². The molecule has 0 unspecified atom stereocenters. The summed E-state index contributed by atoms with van der Waals surface area (Å²) in [5, 5.41) is 8.80. The third-order valence-electron chi connectivity index (χ3n) is 2.17. The number of aryl methyl sites for hydroxylation is 2. The predicted octanol–water partition coefficient (Wildman–Crippen LogP) is 1.81. The molecule has 0 fully saturated rings. The molecule has 0 atom stereocenters. The van der Waals surface area contributed by atoms with Gasteiger partial charge in [-0.15, -0.1) is 0 Å². The zero-order valence-electron chi connectivity index (χ0n) is 8.15. The van der Waals surface area contributed by atoms with E-state index >= 15 is 0 Å². The van der Waals surface area contributed by atoms with E-state index in [-0.39, 0.29) is 5.69 Å². The molecule has 0 amide bonds. The number of hydrogen-bond donors (Lipinski definition) is 1. The van der Waals surface area contributed by atoms with Crippen molar-refractivity contribution >= 4 is 27.7 Å². The summed E-state index contributed by atoms with van der Waals surface area (Å²) in [4.78, 5) is 18.8. The molecule has 5 nitrogen and oxygen atoms in total. The Balaban J connectivity index is 2.82. The molecule has 6 heteroatoms. The van der Waals surface area contributed by atoms with Crippen molar-refractivity contribution in [1.29, 1.82) is 0 Å². The van der Waals surface area contributed by atoms with Gasteiger partial charge < -0.3 is 5.11 Å². The Hall–Kier alpha value is -1.43. The minimum Gasteiger partial charge on any atom is -0.476 e. The summed E-state index contributed by atoms with van der Waals surface area (Å²) in [5.41, 5.74) is 1.68. The monoisotopic (exact) mass is 269 g/mol. The zero-order valence-corrected chi connectivity index (χ0v) is 9.74. The molecule has 1 N–H and O–H groups in total. The van der Waals surface area contributed by atoms with E-state index in [4.69, 9.17) is 5.11 Å². The van der Waals surface area contributed by atoms with Crippen LogP contribution >= 0.6 is 15.9 Å². The van der Waals surface area contributed by atoms with Gasteiger partial charge in [0, 0.05) is 11.9 Å². The van der Waals surface area contributed by atoms with Crippen molar-refractivity contribution in [2.24, 2.45) is 0 Å². The first kappa shape index (κ1) is 10.1. The Morgan fingerprint density at radius 1 is 1.47 bits per heavy atom. The molecule has 15 heavy (non-hydrogen) atoms. The fourth-order valence-corrected chi connectivity index (χ4v) is 1.65. The summed E-state index contributed by atoms with van der Waals surface area (Å²) < 4.78 is 2.52. The molecule has 0 aromatic carbocycles. The fourth-order valence-electron chi connectivity index (χ4n) is 1.37. The molecule has 0 bridgehead atoms. The van der Waals surface area contributed by atoms with Gasteiger partial charge in [-0.3, -0.25) is 4.40 Å². The molecule has 0 aliphatic heterocycles. The summed E-state index contributed by atoms with van der Waals surface area (Å²) >= 11 is 3.39. The van der Waals surface area contributed by atoms with Gasteiger partial charge in [-0.1, -0.05) is 0 Å². The molecule has 2 aromatic heterocycles. The molecule has 0 aliphatic carbocycles. The van der Waals surface area contributed by atoms with Crippen LogP contribution in [0.4, 0.5) is 0 Å². The van der Waals surface area contributed by atoms with E-state index in [2.05, 4.69) is 25.9 Å². The number of fused-ring (bicyclic) bond motifs is 1. The van der Waals surface area contributed by atoms with Gasteiger partial charge in [0.05, 0.1) is 10.2 Å². The Bertz CT molecular complexity index is 562. The topological polar surface area (TPSA) is 67.5 Å². The van der Waals surface area contributed by atoms with E-state index < -0.39 is 5.97 Å². The maximum absolute atomic E-state index is 10.7. The molecule has 0 radical (unpaired) electrons. The van der Waals surface area contributed by atoms with Crippen LogP contribution in [0.25, 0.3) is 5.78 Å². The highest BCUT2D eigenvalue weighted by Gasteiger charge is 2.13. The summed E-state index contributed by atoms with van der Waals surface area (Å²) in [5.74, 6) is -0.640. The van der Waals surface area contributed by atoms with Gasteiger partial charge in [-0.2, -0.15) is 0 Å². The van der Waals surface area contributed by atoms with Gasteiger partial charge in [0.15, 0.2) is 5.69 Å². The first-order valence-electron chi connectivity index (χ1n) is 4.26. The molecule has 0 saturated carbocycles. The van der Waals surface area contributed by atoms with Crippen LogP contribution in [0, 0.1) is 13.8 Å². The van der Waals surface area contributed by atoms with E-state index in [9.17, 15) is 4.79 Å². The van der Waals surface area contributed by atoms with Crippen molar-refractivity contribution < 1.29 is 9.90 Å². The average molecular weight is 270 g/mol. The van der Waals surface area contributed by atoms with Crippen LogP contribution < -0.4 is 0 Å². The SMILES string of the molecule is Cc1nc2nc(C(=O)O)cn2c(C)c1Br. The van der Waals surface area contributed by atoms with Crippen LogP contribution in [0.5, 0.6) is 0 Å². The molecular formula is C9H8BrN3O2. The lowest BCUT2D eigenvalue weighted by Gasteiger charge is -2.03. The molecule has 0 aliphatic rings. The first-order valence-corrected chi connectivity index (χ1v) is 5.05. The van der Waals surface area contributed by atoms with Gasteiger partial charge in [0.1, 0.15) is 0 Å². The summed E-state index contributed by atoms with van der Waals surface area (Å²) in [6, 6.07) is 0. The maximum atomic E-state index is 10.7. The van der Waals surface area contributed by atoms with Crippen LogP contribution in [0.3, 0.4) is 0 Å². The normalized spacial score (nSPS) is 10.9. The Labute approximate surface area is 93.9 Å². The first-order chi connectivity index (χ1) is 7.00. The molecule has 2 aromatic rings. The number of halogens is 1. The number of carboxylic acid groups (broad SMARTS) is 1. The Morgan fingerprint density at radius 2 is 2.13 bits per heavy atom. The lowest BCUT2D eigenvalue weighted by molar-refractivity contribution is 0.0691. The van der Waals surface area contributed by atoms with Gasteiger partial charge in [-0.05, 0) is 29.8 Å². The molecule has 2 rings (SSSR count). The van der Waals surface area contributed by atoms with E-state index in [0.717, 1.165) is 15.9 Å². The van der Waals surface area contributed by atoms with Crippen LogP contribution in [0.15, 0.2) is 10.7 Å². The quantitative estimate of drug-likeness (QED) is 0.858. The summed E-state index contributed by atoms with van der Waals surface area (Å²) in [6.45, 7) is 3.71. The number of nitrogens with zero attached hydrogens (tertiary/aromatic N) is 3. The third-order valence-corrected chi connectivity index (χ3v) is 3.32. The highest BCUT2D eigenvalue weighted by atomic mass is 79.9. The lowest BCUT2D eigenvalue weighted by atomic mass is 10.3. The highest BCUT2D eigenvalue weighted by molar-refractivity contribution is 9.10. The minimum absolute atomic E-state index is 0.00287. The van der Waals surface area contributed by atoms with Gasteiger partial charge in [0.25, 0.3) is 0 Å². The Kier molecular flexibility index (Phi) is 2.22. The maximum Gasteiger partial charge on any atom is 0.356 e. The number of imidazole rings is 1. The smallest absolute Gasteiger partial charge is 0.356 e. The fraction of sp³-hybridized carbons (Fsp3) is 0.222. The minimum atomic E-state index is -1.05. The number of aromatic nitrogens is 3. The van der Waals surface area contributed by atoms with Crippen LogP contribution in [-0.2, 0) is 0 Å². The van der Waals surface area contributed by atoms with E-state index in [0.29, 0.717) is 5.78 Å². The van der Waals surface area contributed by atoms with E-state index in [1.54, 1.807) is 4.40 Å². The number of carbonyl (C=O) groups is 1. The third kappa shape index (κ3) is 1.50. The predicted molar refractivity (Wildman–Crippen MR) is 57.1 cm³/mol. The Morgan fingerprint density at radius 3 is 2.73 bits per heavy atom. The molecule has 78 valence electrons. The molecule has 0 saturated heterocycles. The highest BCUT2D eigenvalue weighted by Crippen LogP contribution is 2.20. The second-order valence-electron chi connectivity index (χ2n) is 3.20. The molecule has 0 spiro atoms. The van der Waals surface area contributed by atoms with Crippen LogP contribution in [0.1, 0.15) is 21.9 Å². The van der Waals surface area contributed by atoms with Crippen molar-refractivity contribution in [3.05, 3.63) is 27.8 Å². The molecular weight excluding hydrogens is 262 g/mol. The zero-order chi connectivity index (χ0) is 11.2. The lowest BCUT2D eigenvalue weighted by Crippen LogP contribution is -1.97. The van der Waals surface area contributed by atoms with E-state index in [1.165, 1.54) is 6.20 Å². The second kappa shape index (κ2) is 3.30. The standard InChI is InChI=1S/C9H8BrN3O2/c1-4-7(10)5(2)13-3-6(8(14)15)12-9(13)11-4/h3H,1-2H3,(H,14,15). The van der Waals surface area contributed by atoms with Crippen molar-refractivity contribution in [3.8, 4) is 0 Å². The second-order valence-corrected chi connectivity index (χ2v) is 3.99.